The molecule has 0 amide bonds. The molecule has 0 aromatic rings. The minimum Gasteiger partial charge on any atom is -0.334 e. The Labute approximate surface area is 93.8 Å². The highest BCUT2D eigenvalue weighted by Gasteiger charge is 2.34. The van der Waals surface area contributed by atoms with Gasteiger partial charge < -0.3 is 8.46 Å². The van der Waals surface area contributed by atoms with Gasteiger partial charge in [-0.15, -0.1) is 0 Å². The van der Waals surface area contributed by atoms with Gasteiger partial charge in [0.2, 0.25) is 9.84 Å². The van der Waals surface area contributed by atoms with Gasteiger partial charge in [0.25, 0.3) is 0 Å². The van der Waals surface area contributed by atoms with Crippen molar-refractivity contribution in [3.05, 3.63) is 0 Å². The fourth-order valence-electron chi connectivity index (χ4n) is 1.60. The molecule has 1 rings (SSSR count). The lowest BCUT2D eigenvalue weighted by Gasteiger charge is -2.45. The van der Waals surface area contributed by atoms with E-state index in [1.165, 1.54) is 19.5 Å². The molecule has 0 bridgehead atoms. The summed E-state index contributed by atoms with van der Waals surface area (Å²) in [6, 6.07) is 0. The standard InChI is InChI=1S/C9H24N2Si3/c1-13(2,3)10-8-7-9-11(12-10)14(4,5)6/h7-9H2,1-6H3. The van der Waals surface area contributed by atoms with Crippen molar-refractivity contribution in [2.45, 2.75) is 45.7 Å². The van der Waals surface area contributed by atoms with E-state index in [2.05, 4.69) is 47.7 Å². The van der Waals surface area contributed by atoms with Gasteiger partial charge in [0.05, 0.1) is 0 Å². The second kappa shape index (κ2) is 4.21. The third-order valence-electron chi connectivity index (χ3n) is 2.62. The van der Waals surface area contributed by atoms with Crippen LogP contribution >= 0.6 is 0 Å². The molecular formula is C9H24N2Si3. The monoisotopic (exact) mass is 244 g/mol. The van der Waals surface area contributed by atoms with E-state index < -0.39 is 16.5 Å². The molecular weight excluding hydrogens is 220 g/mol. The maximum atomic E-state index is 2.77. The first-order valence-electron chi connectivity index (χ1n) is 5.53. The predicted octanol–water partition coefficient (Wildman–Crippen LogP) is 2.20. The second-order valence-electron chi connectivity index (χ2n) is 6.10. The van der Waals surface area contributed by atoms with Crippen LogP contribution in [0.4, 0.5) is 0 Å². The lowest BCUT2D eigenvalue weighted by Crippen LogP contribution is -2.63. The quantitative estimate of drug-likeness (QED) is 0.687. The van der Waals surface area contributed by atoms with E-state index in [1.807, 2.05) is 0 Å². The topological polar surface area (TPSA) is 6.48 Å². The number of hydrogen-bond acceptors (Lipinski definition) is 2. The molecule has 0 aromatic heterocycles. The Morgan fingerprint density at radius 1 is 0.786 bits per heavy atom. The summed E-state index contributed by atoms with van der Waals surface area (Å²) >= 11 is 0. The summed E-state index contributed by atoms with van der Waals surface area (Å²) < 4.78 is 5.55. The molecule has 82 valence electrons. The van der Waals surface area contributed by atoms with Crippen molar-refractivity contribution in [1.29, 1.82) is 0 Å². The largest absolute Gasteiger partial charge is 0.334 e. The fraction of sp³-hybridized carbons (Fsp3) is 1.00. The summed E-state index contributed by atoms with van der Waals surface area (Å²) in [5, 5.41) is 0. The van der Waals surface area contributed by atoms with Gasteiger partial charge >= 0.3 is 0 Å². The van der Waals surface area contributed by atoms with E-state index in [9.17, 15) is 0 Å². The Kier molecular flexibility index (Phi) is 3.80. The molecule has 1 aliphatic heterocycles. The van der Waals surface area contributed by atoms with Crippen molar-refractivity contribution >= 4 is 26.3 Å². The Hall–Kier alpha value is 0.571. The molecule has 0 saturated carbocycles. The second-order valence-corrected chi connectivity index (χ2v) is 18.0. The average molecular weight is 245 g/mol. The smallest absolute Gasteiger partial charge is 0.236 e. The average Bonchev–Trinajstić information content (AvgIpc) is 2.01. The predicted molar refractivity (Wildman–Crippen MR) is 70.5 cm³/mol. The zero-order valence-electron chi connectivity index (χ0n) is 10.5. The maximum Gasteiger partial charge on any atom is 0.236 e. The lowest BCUT2D eigenvalue weighted by atomic mass is 10.4. The van der Waals surface area contributed by atoms with Crippen LogP contribution in [0.5, 0.6) is 0 Å². The molecule has 1 heterocycles. The summed E-state index contributed by atoms with van der Waals surface area (Å²) in [6.45, 7) is 17.5. The summed E-state index contributed by atoms with van der Waals surface area (Å²) in [5.41, 5.74) is 0. The van der Waals surface area contributed by atoms with Crippen LogP contribution in [-0.4, -0.2) is 47.9 Å². The van der Waals surface area contributed by atoms with Gasteiger partial charge in [-0.25, -0.2) is 0 Å². The van der Waals surface area contributed by atoms with Crippen LogP contribution in [-0.2, 0) is 0 Å². The van der Waals surface area contributed by atoms with Crippen LogP contribution in [0.2, 0.25) is 39.3 Å². The van der Waals surface area contributed by atoms with Gasteiger partial charge in [-0.3, -0.25) is 0 Å². The minimum absolute atomic E-state index is 0.977. The van der Waals surface area contributed by atoms with Gasteiger partial charge in [-0.05, 0) is 19.5 Å². The molecule has 0 atom stereocenters. The van der Waals surface area contributed by atoms with E-state index in [1.54, 1.807) is 0 Å². The molecule has 0 unspecified atom stereocenters. The zero-order valence-corrected chi connectivity index (χ0v) is 13.5. The van der Waals surface area contributed by atoms with Crippen LogP contribution in [0.15, 0.2) is 0 Å². The first-order valence-corrected chi connectivity index (χ1v) is 13.3. The van der Waals surface area contributed by atoms with Crippen LogP contribution in [0.25, 0.3) is 0 Å². The highest BCUT2D eigenvalue weighted by atomic mass is 28.4. The van der Waals surface area contributed by atoms with Crippen molar-refractivity contribution in [3.8, 4) is 0 Å². The van der Waals surface area contributed by atoms with Crippen LogP contribution in [0, 0.1) is 0 Å². The van der Waals surface area contributed by atoms with Gasteiger partial charge in [-0.1, -0.05) is 39.3 Å². The number of rotatable bonds is 2. The van der Waals surface area contributed by atoms with Gasteiger partial charge in [0.1, 0.15) is 16.5 Å². The fourth-order valence-corrected chi connectivity index (χ4v) is 7.49. The molecule has 1 aliphatic rings. The number of hydrogen-bond donors (Lipinski definition) is 0. The highest BCUT2D eigenvalue weighted by molar-refractivity contribution is 6.84. The summed E-state index contributed by atoms with van der Waals surface area (Å²) in [6.07, 6.45) is 1.38. The van der Waals surface area contributed by atoms with E-state index in [4.69, 9.17) is 0 Å². The van der Waals surface area contributed by atoms with Crippen LogP contribution in [0.1, 0.15) is 6.42 Å². The lowest BCUT2D eigenvalue weighted by molar-refractivity contribution is 0.455. The van der Waals surface area contributed by atoms with Crippen molar-refractivity contribution in [2.75, 3.05) is 13.1 Å². The summed E-state index contributed by atoms with van der Waals surface area (Å²) in [7, 11) is -1.12. The van der Waals surface area contributed by atoms with Crippen molar-refractivity contribution in [2.24, 2.45) is 0 Å². The summed E-state index contributed by atoms with van der Waals surface area (Å²) in [4.78, 5) is 0. The molecule has 0 N–H and O–H groups in total. The molecule has 0 spiro atoms. The van der Waals surface area contributed by atoms with Gasteiger partial charge in [0, 0.05) is 0 Å². The first kappa shape index (κ1) is 12.6. The van der Waals surface area contributed by atoms with Crippen molar-refractivity contribution < 1.29 is 0 Å². The maximum absolute atomic E-state index is 2.77. The Morgan fingerprint density at radius 2 is 1.14 bits per heavy atom. The Morgan fingerprint density at radius 3 is 1.43 bits per heavy atom. The highest BCUT2D eigenvalue weighted by Crippen LogP contribution is 2.18. The minimum atomic E-state index is -1.05. The van der Waals surface area contributed by atoms with Crippen molar-refractivity contribution in [1.82, 2.24) is 8.46 Å². The Balaban J connectivity index is 2.61. The van der Waals surface area contributed by atoms with E-state index in [-0.39, 0.29) is 0 Å². The normalized spacial score (nSPS) is 22.7. The summed E-state index contributed by atoms with van der Waals surface area (Å²) in [5.74, 6) is 0. The van der Waals surface area contributed by atoms with E-state index in [0.717, 1.165) is 9.84 Å². The third kappa shape index (κ3) is 3.30. The zero-order chi connectivity index (χ0) is 11.0. The third-order valence-corrected chi connectivity index (χ3v) is 11.9. The molecule has 1 fully saturated rings. The van der Waals surface area contributed by atoms with Crippen molar-refractivity contribution in [3.63, 3.8) is 0 Å². The van der Waals surface area contributed by atoms with E-state index >= 15 is 0 Å². The Bertz CT molecular complexity index is 175. The van der Waals surface area contributed by atoms with E-state index in [0.29, 0.717) is 0 Å². The molecule has 5 heteroatoms. The molecule has 2 radical (unpaired) electrons. The molecule has 0 aromatic carbocycles. The van der Waals surface area contributed by atoms with Crippen LogP contribution in [0.3, 0.4) is 0 Å². The molecule has 2 nitrogen and oxygen atoms in total. The number of nitrogens with zero attached hydrogens (tertiary/aromatic N) is 2. The first-order chi connectivity index (χ1) is 6.21. The molecule has 14 heavy (non-hydrogen) atoms. The van der Waals surface area contributed by atoms with Gasteiger partial charge in [0.15, 0.2) is 0 Å². The SMILES string of the molecule is C[Si](C)(C)N1CCCN([Si](C)(C)C)[Si]1. The molecule has 1 saturated heterocycles. The van der Waals surface area contributed by atoms with Gasteiger partial charge in [-0.2, -0.15) is 0 Å². The molecule has 0 aliphatic carbocycles. The van der Waals surface area contributed by atoms with Crippen LogP contribution < -0.4 is 0 Å².